The number of carbonyl (C=O) groups is 1. The number of ether oxygens (including phenoxy) is 3. The van der Waals surface area contributed by atoms with Crippen LogP contribution in [0.3, 0.4) is 0 Å². The lowest BCUT2D eigenvalue weighted by molar-refractivity contribution is -0.160. The van der Waals surface area contributed by atoms with Crippen LogP contribution in [0.1, 0.15) is 30.6 Å². The molecule has 0 saturated carbocycles. The van der Waals surface area contributed by atoms with Crippen molar-refractivity contribution in [3.63, 3.8) is 0 Å². The lowest BCUT2D eigenvalue weighted by Crippen LogP contribution is -2.37. The molecule has 138 valence electrons. The van der Waals surface area contributed by atoms with Crippen molar-refractivity contribution in [1.29, 1.82) is 0 Å². The van der Waals surface area contributed by atoms with Crippen LogP contribution in [0.4, 0.5) is 0 Å². The largest absolute Gasteiger partial charge is 0.494 e. The number of nitrogens with zero attached hydrogens (tertiary/aromatic N) is 1. The Hall–Kier alpha value is -1.95. The van der Waals surface area contributed by atoms with E-state index in [-0.39, 0.29) is 12.2 Å². The highest BCUT2D eigenvalue weighted by atomic mass is 16.8. The first-order valence-corrected chi connectivity index (χ1v) is 9.13. The highest BCUT2D eigenvalue weighted by Gasteiger charge is 2.51. The second kappa shape index (κ2) is 6.65. The molecule has 4 rings (SSSR count). The number of carbonyl (C=O) groups excluding carboxylic acids is 1. The van der Waals surface area contributed by atoms with Crippen LogP contribution in [0, 0.1) is 0 Å². The average molecular weight is 355 g/mol. The van der Waals surface area contributed by atoms with Crippen LogP contribution in [-0.4, -0.2) is 55.4 Å². The monoisotopic (exact) mass is 355 g/mol. The summed E-state index contributed by atoms with van der Waals surface area (Å²) in [4.78, 5) is 13.2. The number of likely N-dealkylation sites (tertiary alicyclic amines) is 1. The molecule has 0 N–H and O–H groups in total. The molecule has 0 amide bonds. The first kappa shape index (κ1) is 17.5. The SMILES string of the molecule is CN1C[C@H]2OC(C)(C)O[C@H]2[C@@H]1CCOc1ccc2cc(C=O)ccc2c1. The molecule has 5 heteroatoms. The molecule has 0 unspecified atom stereocenters. The van der Waals surface area contributed by atoms with Crippen LogP contribution in [0.2, 0.25) is 0 Å². The Bertz CT molecular complexity index is 819. The normalized spacial score (nSPS) is 27.6. The minimum Gasteiger partial charge on any atom is -0.494 e. The van der Waals surface area contributed by atoms with Gasteiger partial charge < -0.3 is 14.2 Å². The van der Waals surface area contributed by atoms with E-state index in [1.54, 1.807) is 0 Å². The summed E-state index contributed by atoms with van der Waals surface area (Å²) in [5, 5.41) is 2.11. The summed E-state index contributed by atoms with van der Waals surface area (Å²) in [6, 6.07) is 11.9. The van der Waals surface area contributed by atoms with Gasteiger partial charge in [-0.05, 0) is 56.3 Å². The first-order chi connectivity index (χ1) is 12.4. The number of benzene rings is 2. The number of fused-ring (bicyclic) bond motifs is 2. The van der Waals surface area contributed by atoms with Crippen LogP contribution in [-0.2, 0) is 9.47 Å². The maximum absolute atomic E-state index is 10.9. The highest BCUT2D eigenvalue weighted by Crippen LogP contribution is 2.37. The predicted octanol–water partition coefficient (Wildman–Crippen LogP) is 3.26. The van der Waals surface area contributed by atoms with Crippen molar-refractivity contribution >= 4 is 17.1 Å². The Labute approximate surface area is 153 Å². The lowest BCUT2D eigenvalue weighted by Gasteiger charge is -2.27. The van der Waals surface area contributed by atoms with Crippen molar-refractivity contribution in [3.05, 3.63) is 42.0 Å². The van der Waals surface area contributed by atoms with Gasteiger partial charge in [-0.15, -0.1) is 0 Å². The van der Waals surface area contributed by atoms with Gasteiger partial charge in [0.25, 0.3) is 0 Å². The third-order valence-corrected chi connectivity index (χ3v) is 5.29. The maximum atomic E-state index is 10.9. The van der Waals surface area contributed by atoms with Gasteiger partial charge in [-0.25, -0.2) is 0 Å². The number of rotatable bonds is 5. The van der Waals surface area contributed by atoms with E-state index in [1.807, 2.05) is 50.2 Å². The summed E-state index contributed by atoms with van der Waals surface area (Å²) in [5.41, 5.74) is 0.687. The quantitative estimate of drug-likeness (QED) is 0.771. The average Bonchev–Trinajstić information content (AvgIpc) is 3.05. The maximum Gasteiger partial charge on any atom is 0.163 e. The fourth-order valence-corrected chi connectivity index (χ4v) is 4.09. The van der Waals surface area contributed by atoms with Crippen molar-refractivity contribution in [2.75, 3.05) is 20.2 Å². The second-order valence-corrected chi connectivity index (χ2v) is 7.67. The van der Waals surface area contributed by atoms with E-state index in [0.29, 0.717) is 18.2 Å². The highest BCUT2D eigenvalue weighted by molar-refractivity contribution is 5.89. The van der Waals surface area contributed by atoms with Gasteiger partial charge in [0, 0.05) is 18.2 Å². The molecule has 2 heterocycles. The van der Waals surface area contributed by atoms with Crippen molar-refractivity contribution < 1.29 is 19.0 Å². The Kier molecular flexibility index (Phi) is 4.47. The minimum atomic E-state index is -0.492. The summed E-state index contributed by atoms with van der Waals surface area (Å²) in [6.07, 6.45) is 2.01. The van der Waals surface area contributed by atoms with Crippen LogP contribution < -0.4 is 4.74 Å². The van der Waals surface area contributed by atoms with E-state index in [1.165, 1.54) is 0 Å². The summed E-state index contributed by atoms with van der Waals surface area (Å²) >= 11 is 0. The Balaban J connectivity index is 1.38. The molecule has 2 aromatic carbocycles. The third-order valence-electron chi connectivity index (χ3n) is 5.29. The van der Waals surface area contributed by atoms with Crippen molar-refractivity contribution in [2.45, 2.75) is 44.3 Å². The van der Waals surface area contributed by atoms with Gasteiger partial charge in [-0.2, -0.15) is 0 Å². The molecule has 2 aromatic rings. The summed E-state index contributed by atoms with van der Waals surface area (Å²) in [7, 11) is 2.11. The standard InChI is InChI=1S/C21H25NO4/c1-21(2)25-19-12-22(3)18(20(19)26-21)8-9-24-17-7-6-15-10-14(13-23)4-5-16(15)11-17/h4-7,10-11,13,18-20H,8-9,12H2,1-3H3/t18-,19+,20-/m0/s1. The molecule has 5 nitrogen and oxygen atoms in total. The summed E-state index contributed by atoms with van der Waals surface area (Å²) in [6.45, 7) is 5.47. The van der Waals surface area contributed by atoms with Crippen LogP contribution >= 0.6 is 0 Å². The topological polar surface area (TPSA) is 48.0 Å². The Morgan fingerprint density at radius 3 is 2.77 bits per heavy atom. The molecule has 0 radical (unpaired) electrons. The Morgan fingerprint density at radius 1 is 1.19 bits per heavy atom. The molecule has 0 aliphatic carbocycles. The smallest absolute Gasteiger partial charge is 0.163 e. The molecule has 2 aliphatic rings. The summed E-state index contributed by atoms with van der Waals surface area (Å²) in [5.74, 6) is 0.353. The molecule has 0 spiro atoms. The van der Waals surface area contributed by atoms with E-state index in [9.17, 15) is 4.79 Å². The van der Waals surface area contributed by atoms with Gasteiger partial charge in [0.1, 0.15) is 24.2 Å². The van der Waals surface area contributed by atoms with E-state index < -0.39 is 5.79 Å². The Morgan fingerprint density at radius 2 is 1.96 bits per heavy atom. The number of hydrogen-bond donors (Lipinski definition) is 0. The number of hydrogen-bond acceptors (Lipinski definition) is 5. The van der Waals surface area contributed by atoms with Gasteiger partial charge >= 0.3 is 0 Å². The van der Waals surface area contributed by atoms with Gasteiger partial charge in [-0.3, -0.25) is 9.69 Å². The van der Waals surface area contributed by atoms with Gasteiger partial charge in [0.15, 0.2) is 5.79 Å². The predicted molar refractivity (Wildman–Crippen MR) is 99.7 cm³/mol. The first-order valence-electron chi connectivity index (χ1n) is 9.13. The second-order valence-electron chi connectivity index (χ2n) is 7.67. The lowest BCUT2D eigenvalue weighted by atomic mass is 10.1. The fraction of sp³-hybridized carbons (Fsp3) is 0.476. The van der Waals surface area contributed by atoms with Crippen molar-refractivity contribution in [2.24, 2.45) is 0 Å². The van der Waals surface area contributed by atoms with Crippen LogP contribution in [0.5, 0.6) is 5.75 Å². The van der Waals surface area contributed by atoms with Crippen molar-refractivity contribution in [3.8, 4) is 5.75 Å². The summed E-state index contributed by atoms with van der Waals surface area (Å²) < 4.78 is 18.1. The molecule has 0 bridgehead atoms. The molecule has 3 atom stereocenters. The molecular weight excluding hydrogens is 330 g/mol. The molecule has 26 heavy (non-hydrogen) atoms. The van der Waals surface area contributed by atoms with E-state index in [0.717, 1.165) is 35.8 Å². The van der Waals surface area contributed by atoms with Crippen LogP contribution in [0.15, 0.2) is 36.4 Å². The van der Waals surface area contributed by atoms with Gasteiger partial charge in [0.05, 0.1) is 6.61 Å². The van der Waals surface area contributed by atoms with Crippen molar-refractivity contribution in [1.82, 2.24) is 4.90 Å². The van der Waals surface area contributed by atoms with E-state index in [2.05, 4.69) is 11.9 Å². The van der Waals surface area contributed by atoms with E-state index >= 15 is 0 Å². The van der Waals surface area contributed by atoms with Gasteiger partial charge in [-0.1, -0.05) is 18.2 Å². The van der Waals surface area contributed by atoms with E-state index in [4.69, 9.17) is 14.2 Å². The van der Waals surface area contributed by atoms with Gasteiger partial charge in [0.2, 0.25) is 0 Å². The molecule has 0 aromatic heterocycles. The zero-order chi connectivity index (χ0) is 18.3. The fourth-order valence-electron chi connectivity index (χ4n) is 4.09. The molecule has 2 saturated heterocycles. The molecular formula is C21H25NO4. The minimum absolute atomic E-state index is 0.108. The number of likely N-dealkylation sites (N-methyl/N-ethyl adjacent to an activating group) is 1. The molecule has 2 fully saturated rings. The third kappa shape index (κ3) is 3.34. The molecule has 2 aliphatic heterocycles. The zero-order valence-corrected chi connectivity index (χ0v) is 15.5. The van der Waals surface area contributed by atoms with Crippen LogP contribution in [0.25, 0.3) is 10.8 Å². The zero-order valence-electron chi connectivity index (χ0n) is 15.5. The number of aldehydes is 1.